The fraction of sp³-hybridized carbons (Fsp3) is 0.538. The summed E-state index contributed by atoms with van der Waals surface area (Å²) in [4.78, 5) is 10.5. The number of nitro benzene ring substituents is 1. The van der Waals surface area contributed by atoms with E-state index in [9.17, 15) is 18.5 Å². The molecule has 1 N–H and O–H groups in total. The molecule has 7 nitrogen and oxygen atoms in total. The van der Waals surface area contributed by atoms with Crippen LogP contribution in [0.3, 0.4) is 0 Å². The van der Waals surface area contributed by atoms with E-state index in [1.807, 2.05) is 6.92 Å². The second kappa shape index (κ2) is 7.37. The zero-order valence-corrected chi connectivity index (χ0v) is 13.3. The highest BCUT2D eigenvalue weighted by molar-refractivity contribution is 7.89. The predicted octanol–water partition coefficient (Wildman–Crippen LogP) is 2.45. The van der Waals surface area contributed by atoms with Crippen LogP contribution in [0, 0.1) is 10.1 Å². The molecule has 0 aliphatic carbocycles. The molecular weight excluding hydrogens is 294 g/mol. The molecule has 1 aromatic carbocycles. The van der Waals surface area contributed by atoms with Gasteiger partial charge >= 0.3 is 0 Å². The normalized spacial score (nSPS) is 11.6. The van der Waals surface area contributed by atoms with E-state index in [0.29, 0.717) is 19.6 Å². The molecule has 0 aromatic heterocycles. The lowest BCUT2D eigenvalue weighted by Crippen LogP contribution is -2.30. The van der Waals surface area contributed by atoms with Gasteiger partial charge in [-0.3, -0.25) is 10.1 Å². The van der Waals surface area contributed by atoms with Crippen LogP contribution in [0.25, 0.3) is 0 Å². The minimum atomic E-state index is -3.62. The average Bonchev–Trinajstić information content (AvgIpc) is 2.45. The Hall–Kier alpha value is -1.67. The highest BCUT2D eigenvalue weighted by atomic mass is 32.2. The predicted molar refractivity (Wildman–Crippen MR) is 82.0 cm³/mol. The van der Waals surface area contributed by atoms with Crippen LogP contribution in [0.2, 0.25) is 0 Å². The van der Waals surface area contributed by atoms with Gasteiger partial charge < -0.3 is 5.32 Å². The van der Waals surface area contributed by atoms with Crippen molar-refractivity contribution in [2.24, 2.45) is 0 Å². The zero-order chi connectivity index (χ0) is 16.0. The number of nitrogens with zero attached hydrogens (tertiary/aromatic N) is 2. The molecule has 8 heteroatoms. The fourth-order valence-corrected chi connectivity index (χ4v) is 3.43. The number of nitrogens with one attached hydrogen (secondary N) is 1. The standard InChI is InChI=1S/C13H21N3O4S/c1-4-9-14-12-10-11(7-8-13(12)16(17)18)21(19,20)15(5-2)6-3/h7-8,10,14H,4-6,9H2,1-3H3. The number of hydrogen-bond acceptors (Lipinski definition) is 5. The van der Waals surface area contributed by atoms with Gasteiger partial charge in [0.2, 0.25) is 10.0 Å². The van der Waals surface area contributed by atoms with Crippen molar-refractivity contribution in [3.63, 3.8) is 0 Å². The van der Waals surface area contributed by atoms with E-state index in [2.05, 4.69) is 5.32 Å². The van der Waals surface area contributed by atoms with Gasteiger partial charge in [0, 0.05) is 25.7 Å². The van der Waals surface area contributed by atoms with E-state index in [0.717, 1.165) is 6.42 Å². The lowest BCUT2D eigenvalue weighted by molar-refractivity contribution is -0.384. The molecule has 118 valence electrons. The van der Waals surface area contributed by atoms with Crippen LogP contribution >= 0.6 is 0 Å². The minimum absolute atomic E-state index is 0.0652. The summed E-state index contributed by atoms with van der Waals surface area (Å²) in [6.45, 7) is 6.68. The van der Waals surface area contributed by atoms with Gasteiger partial charge in [0.15, 0.2) is 0 Å². The smallest absolute Gasteiger partial charge is 0.292 e. The summed E-state index contributed by atoms with van der Waals surface area (Å²) in [5, 5.41) is 13.9. The molecule has 1 rings (SSSR count). The second-order valence-electron chi connectivity index (χ2n) is 4.45. The van der Waals surface area contributed by atoms with Gasteiger partial charge in [-0.1, -0.05) is 20.8 Å². The Bertz CT molecular complexity index is 597. The lowest BCUT2D eigenvalue weighted by Gasteiger charge is -2.19. The Kier molecular flexibility index (Phi) is 6.10. The Morgan fingerprint density at radius 3 is 2.33 bits per heavy atom. The lowest BCUT2D eigenvalue weighted by atomic mass is 10.2. The largest absolute Gasteiger partial charge is 0.379 e. The molecule has 0 aliphatic heterocycles. The summed E-state index contributed by atoms with van der Waals surface area (Å²) in [5.74, 6) is 0. The molecule has 0 atom stereocenters. The van der Waals surface area contributed by atoms with Crippen LogP contribution in [0.5, 0.6) is 0 Å². The van der Waals surface area contributed by atoms with E-state index in [-0.39, 0.29) is 16.3 Å². The first-order chi connectivity index (χ1) is 9.88. The summed E-state index contributed by atoms with van der Waals surface area (Å²) < 4.78 is 26.2. The SMILES string of the molecule is CCCNc1cc(S(=O)(=O)N(CC)CC)ccc1[N+](=O)[O-]. The monoisotopic (exact) mass is 315 g/mol. The summed E-state index contributed by atoms with van der Waals surface area (Å²) in [6, 6.07) is 3.85. The molecule has 0 spiro atoms. The molecule has 0 fully saturated rings. The van der Waals surface area contributed by atoms with Crippen molar-refractivity contribution in [2.75, 3.05) is 25.0 Å². The summed E-state index contributed by atoms with van der Waals surface area (Å²) >= 11 is 0. The Morgan fingerprint density at radius 1 is 1.24 bits per heavy atom. The van der Waals surface area contributed by atoms with Crippen LogP contribution in [-0.2, 0) is 10.0 Å². The molecule has 0 radical (unpaired) electrons. The molecule has 0 saturated carbocycles. The van der Waals surface area contributed by atoms with Crippen LogP contribution in [0.1, 0.15) is 27.2 Å². The fourth-order valence-electron chi connectivity index (χ4n) is 1.95. The van der Waals surface area contributed by atoms with Gasteiger partial charge in [-0.2, -0.15) is 4.31 Å². The number of nitro groups is 1. The van der Waals surface area contributed by atoms with Gasteiger partial charge in [-0.15, -0.1) is 0 Å². The first-order valence-electron chi connectivity index (χ1n) is 6.90. The van der Waals surface area contributed by atoms with Gasteiger partial charge in [0.1, 0.15) is 5.69 Å². The van der Waals surface area contributed by atoms with E-state index in [1.165, 1.54) is 22.5 Å². The highest BCUT2D eigenvalue weighted by Crippen LogP contribution is 2.28. The van der Waals surface area contributed by atoms with Crippen LogP contribution < -0.4 is 5.32 Å². The topological polar surface area (TPSA) is 92.6 Å². The minimum Gasteiger partial charge on any atom is -0.379 e. The van der Waals surface area contributed by atoms with Crippen molar-refractivity contribution in [1.82, 2.24) is 4.31 Å². The zero-order valence-electron chi connectivity index (χ0n) is 12.5. The first kappa shape index (κ1) is 17.4. The molecule has 0 bridgehead atoms. The van der Waals surface area contributed by atoms with Crippen molar-refractivity contribution in [2.45, 2.75) is 32.1 Å². The Balaban J connectivity index is 3.30. The van der Waals surface area contributed by atoms with Gasteiger partial charge in [0.25, 0.3) is 5.69 Å². The van der Waals surface area contributed by atoms with Crippen molar-refractivity contribution in [3.05, 3.63) is 28.3 Å². The third-order valence-corrected chi connectivity index (χ3v) is 5.12. The molecule has 0 aliphatic rings. The third kappa shape index (κ3) is 3.92. The molecule has 21 heavy (non-hydrogen) atoms. The van der Waals surface area contributed by atoms with Crippen molar-refractivity contribution in [1.29, 1.82) is 0 Å². The third-order valence-electron chi connectivity index (χ3n) is 3.07. The maximum Gasteiger partial charge on any atom is 0.292 e. The first-order valence-corrected chi connectivity index (χ1v) is 8.34. The maximum absolute atomic E-state index is 12.4. The molecule has 0 saturated heterocycles. The Labute approximate surface area is 125 Å². The van der Waals surface area contributed by atoms with E-state index < -0.39 is 14.9 Å². The number of anilines is 1. The molecule has 0 unspecified atom stereocenters. The number of hydrogen-bond donors (Lipinski definition) is 1. The summed E-state index contributed by atoms with van der Waals surface area (Å²) in [5.41, 5.74) is 0.108. The molecule has 0 amide bonds. The van der Waals surface area contributed by atoms with Crippen molar-refractivity contribution >= 4 is 21.4 Å². The van der Waals surface area contributed by atoms with Crippen molar-refractivity contribution < 1.29 is 13.3 Å². The summed E-state index contributed by atoms with van der Waals surface area (Å²) in [6.07, 6.45) is 0.782. The highest BCUT2D eigenvalue weighted by Gasteiger charge is 2.24. The molecule has 1 aromatic rings. The number of benzene rings is 1. The van der Waals surface area contributed by atoms with Gasteiger partial charge in [-0.25, -0.2) is 8.42 Å². The van der Waals surface area contributed by atoms with Gasteiger partial charge in [-0.05, 0) is 18.6 Å². The maximum atomic E-state index is 12.4. The summed E-state index contributed by atoms with van der Waals surface area (Å²) in [7, 11) is -3.62. The molecular formula is C13H21N3O4S. The van der Waals surface area contributed by atoms with Crippen LogP contribution in [0.4, 0.5) is 11.4 Å². The van der Waals surface area contributed by atoms with Crippen LogP contribution in [-0.4, -0.2) is 37.3 Å². The molecule has 0 heterocycles. The number of rotatable bonds is 8. The van der Waals surface area contributed by atoms with Gasteiger partial charge in [0.05, 0.1) is 9.82 Å². The van der Waals surface area contributed by atoms with E-state index >= 15 is 0 Å². The number of sulfonamides is 1. The van der Waals surface area contributed by atoms with Crippen molar-refractivity contribution in [3.8, 4) is 0 Å². The van der Waals surface area contributed by atoms with Crippen LogP contribution in [0.15, 0.2) is 23.1 Å². The van der Waals surface area contributed by atoms with E-state index in [1.54, 1.807) is 13.8 Å². The second-order valence-corrected chi connectivity index (χ2v) is 6.39. The Morgan fingerprint density at radius 2 is 1.86 bits per heavy atom. The quantitative estimate of drug-likeness (QED) is 0.587. The van der Waals surface area contributed by atoms with E-state index in [4.69, 9.17) is 0 Å². The average molecular weight is 315 g/mol.